The number of fused-ring (bicyclic) bond motifs is 6. The van der Waals surface area contributed by atoms with Crippen LogP contribution in [0.3, 0.4) is 0 Å². The number of ketones is 6. The summed E-state index contributed by atoms with van der Waals surface area (Å²) in [5.74, 6) is 1.84. The van der Waals surface area contributed by atoms with E-state index in [0.717, 1.165) is 206 Å². The fourth-order valence-corrected chi connectivity index (χ4v) is 27.7. The van der Waals surface area contributed by atoms with Crippen LogP contribution in [0.2, 0.25) is 0 Å². The Bertz CT molecular complexity index is 6890. The lowest BCUT2D eigenvalue weighted by atomic mass is 9.58. The van der Waals surface area contributed by atoms with Crippen molar-refractivity contribution in [2.45, 2.75) is 295 Å². The number of aromatic amines is 6. The molecule has 0 radical (unpaired) electrons. The molecule has 20 nitrogen and oxygen atoms in total. The lowest BCUT2D eigenvalue weighted by molar-refractivity contribution is -0.119. The monoisotopic (exact) mass is 1960 g/mol. The zero-order chi connectivity index (χ0) is 101. The number of hydrogen-bond acceptors (Lipinski definition) is 14. The molecule has 0 aliphatic heterocycles. The van der Waals surface area contributed by atoms with Crippen LogP contribution < -0.4 is 0 Å². The number of nitrogens with one attached hydrogen (secondary N) is 6. The number of Topliss-reactive ketones (excluding diaryl/α,β-unsaturated/α-hetero) is 6. The minimum Gasteiger partial charge on any atom is -0.294 e. The van der Waals surface area contributed by atoms with Crippen molar-refractivity contribution in [3.63, 3.8) is 0 Å². The summed E-state index contributed by atoms with van der Waals surface area (Å²) in [5, 5.41) is 46.0. The van der Waals surface area contributed by atoms with E-state index in [0.29, 0.717) is 61.7 Å². The molecule has 0 fully saturated rings. The number of aryl methyl sites for hydroxylation is 7. The minimum atomic E-state index is -0.470. The van der Waals surface area contributed by atoms with Gasteiger partial charge >= 0.3 is 0 Å². The van der Waals surface area contributed by atoms with Gasteiger partial charge in [0, 0.05) is 232 Å². The molecule has 6 N–H and O–H groups in total. The summed E-state index contributed by atoms with van der Waals surface area (Å²) in [7, 11) is 0. The van der Waals surface area contributed by atoms with E-state index >= 15 is 0 Å². The lowest BCUT2D eigenvalue weighted by Crippen LogP contribution is -2.41. The van der Waals surface area contributed by atoms with Crippen LogP contribution in [-0.2, 0) is 78.1 Å². The third-order valence-corrected chi connectivity index (χ3v) is 33.0. The van der Waals surface area contributed by atoms with Crippen LogP contribution in [0.25, 0.3) is 0 Å². The normalized spacial score (nSPS) is 23.5. The second-order valence-electron chi connectivity index (χ2n) is 47.6. The van der Waals surface area contributed by atoms with Crippen molar-refractivity contribution in [2.24, 2.45) is 32.5 Å². The van der Waals surface area contributed by atoms with Crippen LogP contribution in [0.1, 0.15) is 338 Å². The predicted molar refractivity (Wildman–Crippen MR) is 559 cm³/mol. The summed E-state index contributed by atoms with van der Waals surface area (Å²) < 4.78 is 0.825. The zero-order valence-electron chi connectivity index (χ0n) is 86.5. The molecule has 12 aliphatic carbocycles. The fourth-order valence-electron chi connectivity index (χ4n) is 27.1. The van der Waals surface area contributed by atoms with Crippen molar-refractivity contribution in [3.05, 3.63) is 370 Å². The van der Waals surface area contributed by atoms with Crippen molar-refractivity contribution in [3.8, 4) is 0 Å². The lowest BCUT2D eigenvalue weighted by Gasteiger charge is -2.43. The third-order valence-electron chi connectivity index (χ3n) is 32.4. The molecule has 0 saturated carbocycles. The summed E-state index contributed by atoms with van der Waals surface area (Å²) in [6.45, 7) is 45.2. The molecule has 732 valence electrons. The Hall–Kier alpha value is -12.6. The Balaban J connectivity index is 0.000000108. The number of aromatic nitrogens is 14. The number of halogens is 1. The highest BCUT2D eigenvalue weighted by Gasteiger charge is 2.54. The highest BCUT2D eigenvalue weighted by Crippen LogP contribution is 2.59. The quantitative estimate of drug-likeness (QED) is 0.0902. The third kappa shape index (κ3) is 18.1. The van der Waals surface area contributed by atoms with E-state index in [4.69, 9.17) is 0 Å². The molecule has 24 rings (SSSR count). The minimum absolute atomic E-state index is 0.00771. The number of hydrogen-bond donors (Lipinski definition) is 6. The van der Waals surface area contributed by atoms with Gasteiger partial charge in [-0.1, -0.05) is 238 Å². The highest BCUT2D eigenvalue weighted by molar-refractivity contribution is 9.10. The predicted octanol–water partition coefficient (Wildman–Crippen LogP) is 24.8. The maximum Gasteiger partial charge on any atom is 0.160 e. The maximum atomic E-state index is 13.2. The first-order valence-corrected chi connectivity index (χ1v) is 51.6. The highest BCUT2D eigenvalue weighted by atomic mass is 79.9. The first kappa shape index (κ1) is 98.2. The molecular weight excluding hydrogens is 1830 g/mol. The summed E-state index contributed by atoms with van der Waals surface area (Å²) >= 11 is 3.57. The van der Waals surface area contributed by atoms with Crippen molar-refractivity contribution >= 4 is 50.6 Å². The molecule has 21 heteroatoms. The zero-order valence-corrected chi connectivity index (χ0v) is 88.0. The number of nitrogens with zero attached hydrogens (tertiary/aromatic N) is 8. The number of H-pyrrole nitrogens is 6. The number of pyridine rings is 2. The number of benzene rings is 4. The number of carbonyl (C=O) groups is 6. The summed E-state index contributed by atoms with van der Waals surface area (Å²) in [6, 6.07) is 45.6. The summed E-state index contributed by atoms with van der Waals surface area (Å²) in [6.07, 6.45) is 21.7. The van der Waals surface area contributed by atoms with Gasteiger partial charge in [-0.2, -0.15) is 30.6 Å². The van der Waals surface area contributed by atoms with Gasteiger partial charge in [0.05, 0.1) is 33.9 Å². The number of carbonyl (C=O) groups excluding carboxylic acids is 6. The van der Waals surface area contributed by atoms with Gasteiger partial charge in [0.1, 0.15) is 4.60 Å². The molecule has 12 aromatic rings. The Morgan fingerprint density at radius 3 is 0.986 bits per heavy atom. The average molecular weight is 1960 g/mol. The van der Waals surface area contributed by atoms with Crippen LogP contribution in [0.4, 0.5) is 0 Å². The SMILES string of the molecule is CC1(C)CC(=O)C2=C(Cc3[nH]nc(Br)c3C2c2ccccc2)C1.Cc1[nH]nc2c1C(C)(c1cccnc1)C1=C(C2)CC(C)(C)CC1=O.Cc1[nH]nc2c1C(c1cccnc1)C1=C(C2)CC(C)(C)CC1=O.Cc1[nH]nc2c1[C@@](C)(c1ccccc1)C1=C(C2)CC(C)(C)CC1=O.Cc1ccccc1[C@@H]1C2=C(Cc3n[nH]c(C)c31)CC(C)(C)CC2=O.Cc1ccccc1[C@H]1C2=C(Cc3n[nH]c(C)c31)CC(C)(C)CC2=O. The smallest absolute Gasteiger partial charge is 0.160 e. The van der Waals surface area contributed by atoms with Crippen molar-refractivity contribution in [1.29, 1.82) is 0 Å². The molecule has 142 heavy (non-hydrogen) atoms. The number of rotatable bonds is 6. The van der Waals surface area contributed by atoms with Gasteiger partial charge in [-0.3, -0.25) is 69.3 Å². The topological polar surface area (TPSA) is 300 Å². The van der Waals surface area contributed by atoms with Gasteiger partial charge in [-0.05, 0) is 206 Å². The van der Waals surface area contributed by atoms with E-state index in [2.05, 4.69) is 316 Å². The standard InChI is InChI=1S/3C21H24N2O.C20H23N3O.C19H19BrN2O.C19H21N3O/c2*1-12-7-5-6-8-15(12)20-18-13(2)22-23-16(18)9-14-10-21(3,4)11-17(24)19(14)20;1-13-18-16(23-22-13)10-14-11-20(2,3)12-17(24)19(14)21(18,4)15-8-6-5-7-9-15;1-12-17-15(23-22-12)8-13-9-19(2,3)10-16(24)18(13)20(17,4)14-6-5-7-21-11-14;1-19(2)9-12-8-13-17(18(20)22-21-13)16(15(12)14(23)10-19)11-6-4-3-5-7-11;1-11-16-14(22-21-11)7-13-8-19(2,3)9-15(23)17(13)18(16)12-5-4-6-20-10-12/h2*5-8,20H,9-11H2,1-4H3,(H,22,23);5-9H,10-12H2,1-4H3,(H,22,23);5-7,11H,8-10H2,1-4H3,(H,22,23);3-7,16H,8-10H2,1-2H3,(H,21,22);4-6,10,18H,7-9H2,1-3H3,(H,21,22)/t2*20-;21-;;;/m101.../s1. The van der Waals surface area contributed by atoms with E-state index < -0.39 is 10.8 Å². The second-order valence-corrected chi connectivity index (χ2v) is 48.4. The molecule has 12 aliphatic rings. The van der Waals surface area contributed by atoms with Gasteiger partial charge in [-0.25, -0.2) is 0 Å². The molecular formula is C121H135BrN14O6. The fraction of sp³-hybridized carbons (Fsp3) is 0.421. The van der Waals surface area contributed by atoms with Gasteiger partial charge in [0.2, 0.25) is 0 Å². The molecule has 8 heterocycles. The van der Waals surface area contributed by atoms with E-state index in [9.17, 15) is 28.8 Å². The molecule has 8 aromatic heterocycles. The Labute approximate surface area is 843 Å². The molecule has 3 unspecified atom stereocenters. The maximum absolute atomic E-state index is 13.2. The Morgan fingerprint density at radius 2 is 0.592 bits per heavy atom. The van der Waals surface area contributed by atoms with E-state index in [1.807, 2.05) is 62.6 Å². The molecule has 0 amide bonds. The van der Waals surface area contributed by atoms with Crippen molar-refractivity contribution in [2.75, 3.05) is 0 Å². The van der Waals surface area contributed by atoms with Crippen molar-refractivity contribution < 1.29 is 28.8 Å². The van der Waals surface area contributed by atoms with Gasteiger partial charge in [0.15, 0.2) is 34.7 Å². The van der Waals surface area contributed by atoms with Crippen molar-refractivity contribution in [1.82, 2.24) is 71.2 Å². The molecule has 6 atom stereocenters. The van der Waals surface area contributed by atoms with Crippen LogP contribution in [0.5, 0.6) is 0 Å². The first-order valence-electron chi connectivity index (χ1n) is 50.8. The molecule has 0 bridgehead atoms. The first-order chi connectivity index (χ1) is 67.3. The van der Waals surface area contributed by atoms with Crippen LogP contribution >= 0.6 is 15.9 Å². The van der Waals surface area contributed by atoms with Gasteiger partial charge in [-0.15, -0.1) is 0 Å². The van der Waals surface area contributed by atoms with Crippen LogP contribution in [-0.4, -0.2) is 106 Å². The Morgan fingerprint density at radius 1 is 0.282 bits per heavy atom. The Kier molecular flexibility index (Phi) is 25.6. The molecule has 0 saturated heterocycles. The number of allylic oxidation sites excluding steroid dienone is 12. The van der Waals surface area contributed by atoms with Gasteiger partial charge in [0.25, 0.3) is 0 Å². The summed E-state index contributed by atoms with van der Waals surface area (Å²) in [5.41, 5.74) is 41.6. The van der Waals surface area contributed by atoms with E-state index in [1.165, 1.54) is 83.5 Å². The van der Waals surface area contributed by atoms with Crippen LogP contribution in [0.15, 0.2) is 230 Å². The molecule has 4 aromatic carbocycles. The second kappa shape index (κ2) is 37.0. The van der Waals surface area contributed by atoms with Gasteiger partial charge < -0.3 is 0 Å². The van der Waals surface area contributed by atoms with E-state index in [-0.39, 0.29) is 67.7 Å². The average Bonchev–Trinajstić information content (AvgIpc) is 1.42. The summed E-state index contributed by atoms with van der Waals surface area (Å²) in [4.78, 5) is 87.1. The van der Waals surface area contributed by atoms with E-state index in [1.54, 1.807) is 12.4 Å². The largest absolute Gasteiger partial charge is 0.294 e. The van der Waals surface area contributed by atoms with Crippen LogP contribution in [0, 0.1) is 81.0 Å². The molecule has 0 spiro atoms.